The molecule has 0 saturated carbocycles. The van der Waals surface area contributed by atoms with Crippen LogP contribution in [0, 0.1) is 5.92 Å². The van der Waals surface area contributed by atoms with Gasteiger partial charge in [-0.2, -0.15) is 0 Å². The summed E-state index contributed by atoms with van der Waals surface area (Å²) in [4.78, 5) is 11.9. The molecule has 0 radical (unpaired) electrons. The van der Waals surface area contributed by atoms with E-state index in [-0.39, 0.29) is 6.54 Å². The van der Waals surface area contributed by atoms with E-state index in [4.69, 9.17) is 25.7 Å². The summed E-state index contributed by atoms with van der Waals surface area (Å²) in [6.07, 6.45) is 0.889. The Morgan fingerprint density at radius 1 is 1.44 bits per heavy atom. The summed E-state index contributed by atoms with van der Waals surface area (Å²) in [5, 5.41) is 13.5. The fraction of sp³-hybridized carbons (Fsp3) is 0.632. The summed E-state index contributed by atoms with van der Waals surface area (Å²) in [5.74, 6) is 1.13. The molecule has 0 aromatic heterocycles. The SMILES string of the molecule is CCC(C)CCOc1ccc(Cl)c2c1B(O)OC2CNC(=O)OC(C)(C)C. The van der Waals surface area contributed by atoms with Gasteiger partial charge in [-0.25, -0.2) is 4.79 Å². The van der Waals surface area contributed by atoms with E-state index in [1.807, 2.05) is 0 Å². The van der Waals surface area contributed by atoms with Gasteiger partial charge in [-0.3, -0.25) is 0 Å². The normalized spacial score (nSPS) is 17.4. The Labute approximate surface area is 166 Å². The summed E-state index contributed by atoms with van der Waals surface area (Å²) in [6, 6.07) is 3.47. The molecule has 1 aliphatic heterocycles. The molecule has 0 aliphatic carbocycles. The third-order valence-electron chi connectivity index (χ3n) is 4.45. The Morgan fingerprint density at radius 2 is 2.15 bits per heavy atom. The van der Waals surface area contributed by atoms with Crippen molar-refractivity contribution in [2.24, 2.45) is 5.92 Å². The van der Waals surface area contributed by atoms with Gasteiger partial charge < -0.3 is 24.5 Å². The van der Waals surface area contributed by atoms with Crippen LogP contribution in [0.2, 0.25) is 5.02 Å². The lowest BCUT2D eigenvalue weighted by Gasteiger charge is -2.21. The zero-order chi connectivity index (χ0) is 20.2. The van der Waals surface area contributed by atoms with Gasteiger partial charge in [-0.15, -0.1) is 0 Å². The lowest BCUT2D eigenvalue weighted by atomic mass is 9.78. The van der Waals surface area contributed by atoms with Crippen LogP contribution in [-0.4, -0.2) is 37.0 Å². The zero-order valence-corrected chi connectivity index (χ0v) is 17.4. The summed E-state index contributed by atoms with van der Waals surface area (Å²) < 4.78 is 16.7. The Bertz CT molecular complexity index is 664. The third-order valence-corrected chi connectivity index (χ3v) is 4.78. The topological polar surface area (TPSA) is 77.0 Å². The molecule has 6 nitrogen and oxygen atoms in total. The highest BCUT2D eigenvalue weighted by molar-refractivity contribution is 6.63. The number of alkyl carbamates (subject to hydrolysis) is 1. The first-order valence-electron chi connectivity index (χ1n) is 9.37. The van der Waals surface area contributed by atoms with Crippen LogP contribution in [-0.2, 0) is 9.39 Å². The third kappa shape index (κ3) is 6.02. The predicted octanol–water partition coefficient (Wildman–Crippen LogP) is 3.44. The average molecular weight is 398 g/mol. The van der Waals surface area contributed by atoms with Crippen molar-refractivity contribution in [2.45, 2.75) is 59.2 Å². The molecule has 1 aromatic carbocycles. The standard InChI is InChI=1S/C19H29BClNO5/c1-6-12(2)9-10-25-14-8-7-13(21)16-15(27-20(24)17(14)16)11-22-18(23)26-19(3,4)5/h7-8,12,15,24H,6,9-11H2,1-5H3,(H,22,23). The molecular formula is C19H29BClNO5. The van der Waals surface area contributed by atoms with Gasteiger partial charge in [0, 0.05) is 22.6 Å². The summed E-state index contributed by atoms with van der Waals surface area (Å²) in [7, 11) is -1.15. The minimum Gasteiger partial charge on any atom is -0.494 e. The molecule has 1 heterocycles. The molecule has 0 fully saturated rings. The van der Waals surface area contributed by atoms with E-state index >= 15 is 0 Å². The first kappa shape index (κ1) is 21.9. The number of amides is 1. The van der Waals surface area contributed by atoms with E-state index in [1.54, 1.807) is 32.9 Å². The number of rotatable bonds is 7. The zero-order valence-electron chi connectivity index (χ0n) is 16.7. The van der Waals surface area contributed by atoms with Crippen LogP contribution in [0.1, 0.15) is 59.1 Å². The molecule has 2 atom stereocenters. The van der Waals surface area contributed by atoms with Crippen molar-refractivity contribution >= 4 is 30.3 Å². The van der Waals surface area contributed by atoms with Crippen LogP contribution in [0.15, 0.2) is 12.1 Å². The van der Waals surface area contributed by atoms with E-state index in [0.717, 1.165) is 12.8 Å². The molecule has 0 saturated heterocycles. The van der Waals surface area contributed by atoms with Gasteiger partial charge in [0.1, 0.15) is 11.4 Å². The van der Waals surface area contributed by atoms with Crippen molar-refractivity contribution < 1.29 is 23.9 Å². The van der Waals surface area contributed by atoms with Gasteiger partial charge in [-0.1, -0.05) is 31.9 Å². The van der Waals surface area contributed by atoms with Gasteiger partial charge >= 0.3 is 13.2 Å². The molecule has 27 heavy (non-hydrogen) atoms. The molecule has 2 rings (SSSR count). The Balaban J connectivity index is 2.08. The van der Waals surface area contributed by atoms with Crippen molar-refractivity contribution in [1.29, 1.82) is 0 Å². The van der Waals surface area contributed by atoms with Gasteiger partial charge in [0.2, 0.25) is 0 Å². The molecule has 0 spiro atoms. The fourth-order valence-corrected chi connectivity index (χ4v) is 3.09. The fourth-order valence-electron chi connectivity index (χ4n) is 2.80. The molecular weight excluding hydrogens is 368 g/mol. The van der Waals surface area contributed by atoms with E-state index in [1.165, 1.54) is 0 Å². The van der Waals surface area contributed by atoms with Crippen molar-refractivity contribution in [3.63, 3.8) is 0 Å². The second-order valence-electron chi connectivity index (χ2n) is 7.88. The number of hydrogen-bond donors (Lipinski definition) is 2. The quantitative estimate of drug-likeness (QED) is 0.689. The molecule has 1 aromatic rings. The lowest BCUT2D eigenvalue weighted by Crippen LogP contribution is -2.35. The second kappa shape index (κ2) is 9.17. The number of halogens is 1. The highest BCUT2D eigenvalue weighted by Crippen LogP contribution is 2.33. The number of ether oxygens (including phenoxy) is 2. The Kier molecular flexibility index (Phi) is 7.43. The van der Waals surface area contributed by atoms with E-state index < -0.39 is 24.9 Å². The van der Waals surface area contributed by atoms with Crippen molar-refractivity contribution in [2.75, 3.05) is 13.2 Å². The number of hydrogen-bond acceptors (Lipinski definition) is 5. The number of fused-ring (bicyclic) bond motifs is 1. The van der Waals surface area contributed by atoms with Crippen LogP contribution in [0.5, 0.6) is 5.75 Å². The van der Waals surface area contributed by atoms with Crippen LogP contribution >= 0.6 is 11.6 Å². The molecule has 1 aliphatic rings. The summed E-state index contributed by atoms with van der Waals surface area (Å²) in [6.45, 7) is 10.4. The van der Waals surface area contributed by atoms with Gasteiger partial charge in [0.25, 0.3) is 0 Å². The molecule has 150 valence electrons. The number of benzene rings is 1. The van der Waals surface area contributed by atoms with Gasteiger partial charge in [0.05, 0.1) is 12.7 Å². The summed E-state index contributed by atoms with van der Waals surface area (Å²) >= 11 is 6.34. The molecule has 1 amide bonds. The molecule has 2 N–H and O–H groups in total. The summed E-state index contributed by atoms with van der Waals surface area (Å²) in [5.41, 5.74) is 0.579. The van der Waals surface area contributed by atoms with Gasteiger partial charge in [-0.05, 0) is 45.2 Å². The highest BCUT2D eigenvalue weighted by atomic mass is 35.5. The van der Waals surface area contributed by atoms with E-state index in [2.05, 4.69) is 19.2 Å². The first-order valence-corrected chi connectivity index (χ1v) is 9.75. The Hall–Kier alpha value is -1.44. The maximum absolute atomic E-state index is 11.9. The minimum atomic E-state index is -1.15. The largest absolute Gasteiger partial charge is 0.495 e. The van der Waals surface area contributed by atoms with E-state index in [0.29, 0.717) is 34.3 Å². The predicted molar refractivity (Wildman–Crippen MR) is 107 cm³/mol. The Morgan fingerprint density at radius 3 is 2.78 bits per heavy atom. The molecule has 8 heteroatoms. The number of carbonyl (C=O) groups excluding carboxylic acids is 1. The number of carbonyl (C=O) groups is 1. The smallest absolute Gasteiger partial charge is 0.494 e. The van der Waals surface area contributed by atoms with Crippen LogP contribution in [0.25, 0.3) is 0 Å². The minimum absolute atomic E-state index is 0.134. The van der Waals surface area contributed by atoms with Crippen LogP contribution in [0.3, 0.4) is 0 Å². The monoisotopic (exact) mass is 397 g/mol. The average Bonchev–Trinajstić information content (AvgIpc) is 2.91. The molecule has 0 bridgehead atoms. The number of nitrogens with one attached hydrogen (secondary N) is 1. The van der Waals surface area contributed by atoms with E-state index in [9.17, 15) is 9.82 Å². The van der Waals surface area contributed by atoms with Crippen molar-refractivity contribution in [3.8, 4) is 5.75 Å². The van der Waals surface area contributed by atoms with Crippen LogP contribution < -0.4 is 15.5 Å². The van der Waals surface area contributed by atoms with Gasteiger partial charge in [0.15, 0.2) is 0 Å². The molecule has 2 unspecified atom stereocenters. The second-order valence-corrected chi connectivity index (χ2v) is 8.29. The maximum atomic E-state index is 11.9. The maximum Gasteiger partial charge on any atom is 0.495 e. The van der Waals surface area contributed by atoms with Crippen molar-refractivity contribution in [1.82, 2.24) is 5.32 Å². The van der Waals surface area contributed by atoms with Crippen LogP contribution in [0.4, 0.5) is 4.79 Å². The lowest BCUT2D eigenvalue weighted by molar-refractivity contribution is 0.0498. The highest BCUT2D eigenvalue weighted by Gasteiger charge is 2.40. The van der Waals surface area contributed by atoms with Crippen molar-refractivity contribution in [3.05, 3.63) is 22.7 Å². The first-order chi connectivity index (χ1) is 12.6.